The molecule has 2 rings (SSSR count). The van der Waals surface area contributed by atoms with Gasteiger partial charge in [-0.15, -0.1) is 12.4 Å². The molecule has 6 nitrogen and oxygen atoms in total. The van der Waals surface area contributed by atoms with Crippen LogP contribution >= 0.6 is 12.4 Å². The molecule has 1 atom stereocenters. The second-order valence-electron chi connectivity index (χ2n) is 4.52. The summed E-state index contributed by atoms with van der Waals surface area (Å²) in [5.41, 5.74) is 9.51. The van der Waals surface area contributed by atoms with Gasteiger partial charge in [-0.2, -0.15) is 4.79 Å². The molecule has 0 bridgehead atoms. The lowest BCUT2D eigenvalue weighted by atomic mass is 10.0. The Kier molecular flexibility index (Phi) is 7.47. The second kappa shape index (κ2) is 8.85. The average molecular weight is 316 g/mol. The summed E-state index contributed by atoms with van der Waals surface area (Å²) in [6.45, 7) is 8.06. The highest BCUT2D eigenvalue weighted by molar-refractivity contribution is 6.04. The molecular formula is C14H22ClN3O3. The molecule has 0 aromatic heterocycles. The molecule has 2 aliphatic rings. The zero-order chi connectivity index (χ0) is 14.4. The maximum Gasteiger partial charge on any atom is 0.359 e. The van der Waals surface area contributed by atoms with Crippen molar-refractivity contribution in [2.45, 2.75) is 19.9 Å². The van der Waals surface area contributed by atoms with E-state index < -0.39 is 0 Å². The summed E-state index contributed by atoms with van der Waals surface area (Å²) in [5, 5.41) is 0. The van der Waals surface area contributed by atoms with Crippen molar-refractivity contribution in [3.63, 3.8) is 0 Å². The minimum atomic E-state index is 0. The lowest BCUT2D eigenvalue weighted by Crippen LogP contribution is -2.45. The van der Waals surface area contributed by atoms with Crippen LogP contribution in [-0.4, -0.2) is 61.0 Å². The van der Waals surface area contributed by atoms with Gasteiger partial charge in [0.1, 0.15) is 5.76 Å². The highest BCUT2D eigenvalue weighted by atomic mass is 35.5. The molecule has 0 spiro atoms. The molecular weight excluding hydrogens is 294 g/mol. The van der Waals surface area contributed by atoms with Gasteiger partial charge in [-0.25, -0.2) is 0 Å². The Hall–Kier alpha value is -1.33. The number of allylic oxidation sites excluding steroid dienone is 1. The third kappa shape index (κ3) is 4.32. The van der Waals surface area contributed by atoms with E-state index in [4.69, 9.17) is 19.7 Å². The van der Waals surface area contributed by atoms with Crippen molar-refractivity contribution in [2.24, 2.45) is 0 Å². The predicted molar refractivity (Wildman–Crippen MR) is 81.5 cm³/mol. The zero-order valence-corrected chi connectivity index (χ0v) is 13.3. The Morgan fingerprint density at radius 1 is 1.29 bits per heavy atom. The number of hydrogen-bond acceptors (Lipinski definition) is 4. The fraction of sp³-hybridized carbons (Fsp3) is 0.643. The van der Waals surface area contributed by atoms with E-state index in [0.717, 1.165) is 18.8 Å². The molecule has 1 fully saturated rings. The number of nitrogens with zero attached hydrogens (tertiary/aromatic N) is 3. The van der Waals surface area contributed by atoms with Crippen LogP contribution in [0.25, 0.3) is 5.53 Å². The van der Waals surface area contributed by atoms with Crippen LogP contribution in [0.15, 0.2) is 23.7 Å². The van der Waals surface area contributed by atoms with Gasteiger partial charge in [0.15, 0.2) is 0 Å². The first-order valence-electron chi connectivity index (χ1n) is 7.03. The van der Waals surface area contributed by atoms with Crippen LogP contribution in [0.3, 0.4) is 0 Å². The van der Waals surface area contributed by atoms with E-state index in [1.165, 1.54) is 0 Å². The topological polar surface area (TPSA) is 67.3 Å². The molecule has 1 aliphatic heterocycles. The van der Waals surface area contributed by atoms with E-state index in [0.29, 0.717) is 37.9 Å². The monoisotopic (exact) mass is 315 g/mol. The Morgan fingerprint density at radius 3 is 2.52 bits per heavy atom. The molecule has 21 heavy (non-hydrogen) atoms. The van der Waals surface area contributed by atoms with Crippen molar-refractivity contribution in [3.8, 4) is 0 Å². The van der Waals surface area contributed by atoms with Crippen LogP contribution in [0.1, 0.15) is 13.8 Å². The van der Waals surface area contributed by atoms with Crippen LogP contribution in [-0.2, 0) is 14.2 Å². The van der Waals surface area contributed by atoms with Gasteiger partial charge in [0.25, 0.3) is 0 Å². The number of halogens is 1. The van der Waals surface area contributed by atoms with Crippen LogP contribution < -0.4 is 0 Å². The summed E-state index contributed by atoms with van der Waals surface area (Å²) in [6.07, 6.45) is 3.70. The fourth-order valence-corrected chi connectivity index (χ4v) is 2.39. The normalized spacial score (nSPS) is 22.6. The Morgan fingerprint density at radius 2 is 1.95 bits per heavy atom. The molecule has 0 N–H and O–H groups in total. The van der Waals surface area contributed by atoms with Crippen molar-refractivity contribution in [3.05, 3.63) is 29.2 Å². The summed E-state index contributed by atoms with van der Waals surface area (Å²) in [7, 11) is 0. The first kappa shape index (κ1) is 17.7. The van der Waals surface area contributed by atoms with Crippen LogP contribution in [0.4, 0.5) is 0 Å². The summed E-state index contributed by atoms with van der Waals surface area (Å²) in [5.74, 6) is 1.38. The number of morpholine rings is 1. The van der Waals surface area contributed by atoms with E-state index in [2.05, 4.69) is 9.69 Å². The molecule has 0 radical (unpaired) electrons. The van der Waals surface area contributed by atoms with Crippen LogP contribution in [0, 0.1) is 0 Å². The van der Waals surface area contributed by atoms with Gasteiger partial charge in [-0.3, -0.25) is 4.90 Å². The SMILES string of the molecule is CCOC1=CC(N2CCOCC2)C(OCC)=CC1=[N+]=[N-].Cl. The molecule has 0 aromatic rings. The quantitative estimate of drug-likeness (QED) is 0.571. The molecule has 0 amide bonds. The van der Waals surface area contributed by atoms with Crippen molar-refractivity contribution in [2.75, 3.05) is 39.5 Å². The molecule has 1 heterocycles. The molecule has 0 saturated carbocycles. The number of hydrogen-bond donors (Lipinski definition) is 0. The largest absolute Gasteiger partial charge is 0.496 e. The molecule has 1 unspecified atom stereocenters. The Bertz CT molecular complexity index is 452. The van der Waals surface area contributed by atoms with E-state index in [1.54, 1.807) is 6.08 Å². The molecule has 7 heteroatoms. The molecule has 1 saturated heterocycles. The molecule has 1 aliphatic carbocycles. The van der Waals surface area contributed by atoms with Gasteiger partial charge in [-0.05, 0) is 19.9 Å². The smallest absolute Gasteiger partial charge is 0.359 e. The number of ether oxygens (including phenoxy) is 3. The van der Waals surface area contributed by atoms with Crippen LogP contribution in [0.2, 0.25) is 0 Å². The van der Waals surface area contributed by atoms with Gasteiger partial charge >= 0.3 is 5.71 Å². The lowest BCUT2D eigenvalue weighted by molar-refractivity contribution is -0.0103. The maximum atomic E-state index is 9.10. The van der Waals surface area contributed by atoms with Crippen molar-refractivity contribution >= 4 is 18.1 Å². The summed E-state index contributed by atoms with van der Waals surface area (Å²) < 4.78 is 16.6. The van der Waals surface area contributed by atoms with Crippen molar-refractivity contribution in [1.82, 2.24) is 4.90 Å². The lowest BCUT2D eigenvalue weighted by Gasteiger charge is -2.34. The van der Waals surface area contributed by atoms with Crippen molar-refractivity contribution < 1.29 is 19.0 Å². The summed E-state index contributed by atoms with van der Waals surface area (Å²) in [6, 6.07) is 0.00546. The Labute approximate surface area is 131 Å². The van der Waals surface area contributed by atoms with Crippen LogP contribution in [0.5, 0.6) is 0 Å². The third-order valence-electron chi connectivity index (χ3n) is 3.29. The van der Waals surface area contributed by atoms with Gasteiger partial charge in [0.05, 0.1) is 38.5 Å². The number of rotatable bonds is 5. The van der Waals surface area contributed by atoms with E-state index in [-0.39, 0.29) is 18.4 Å². The molecule has 118 valence electrons. The zero-order valence-electron chi connectivity index (χ0n) is 12.4. The van der Waals surface area contributed by atoms with E-state index in [9.17, 15) is 0 Å². The summed E-state index contributed by atoms with van der Waals surface area (Å²) >= 11 is 0. The first-order chi connectivity index (χ1) is 9.80. The van der Waals surface area contributed by atoms with Gasteiger partial charge < -0.3 is 19.7 Å². The van der Waals surface area contributed by atoms with Gasteiger partial charge in [0, 0.05) is 13.1 Å². The van der Waals surface area contributed by atoms with Gasteiger partial charge in [-0.1, -0.05) is 0 Å². The first-order valence-corrected chi connectivity index (χ1v) is 7.03. The summed E-state index contributed by atoms with van der Waals surface area (Å²) in [4.78, 5) is 5.56. The van der Waals surface area contributed by atoms with E-state index in [1.807, 2.05) is 19.9 Å². The second-order valence-corrected chi connectivity index (χ2v) is 4.52. The molecule has 0 aromatic carbocycles. The highest BCUT2D eigenvalue weighted by Crippen LogP contribution is 2.23. The van der Waals surface area contributed by atoms with Gasteiger partial charge in [0.2, 0.25) is 5.76 Å². The Balaban J connectivity index is 0.00000220. The minimum Gasteiger partial charge on any atom is -0.496 e. The predicted octanol–water partition coefficient (Wildman–Crippen LogP) is 1.63. The van der Waals surface area contributed by atoms with E-state index >= 15 is 0 Å². The average Bonchev–Trinajstić information content (AvgIpc) is 2.49. The van der Waals surface area contributed by atoms with Crippen molar-refractivity contribution in [1.29, 1.82) is 0 Å². The third-order valence-corrected chi connectivity index (χ3v) is 3.29. The maximum absolute atomic E-state index is 9.10. The fourth-order valence-electron chi connectivity index (χ4n) is 2.39. The highest BCUT2D eigenvalue weighted by Gasteiger charge is 2.32. The minimum absolute atomic E-state index is 0. The standard InChI is InChI=1S/C14H21N3O3.ClH/c1-3-19-13-10-12(17-5-7-18-8-6-17)14(20-4-2)9-11(13)16-15;/h9-10,12H,3-8H2,1-2H3;1H.